The van der Waals surface area contributed by atoms with Gasteiger partial charge in [-0.25, -0.2) is 13.1 Å². The van der Waals surface area contributed by atoms with Crippen molar-refractivity contribution in [2.75, 3.05) is 0 Å². The van der Waals surface area contributed by atoms with E-state index in [1.54, 1.807) is 19.1 Å². The second-order valence-electron chi connectivity index (χ2n) is 3.42. The van der Waals surface area contributed by atoms with Gasteiger partial charge < -0.3 is 10.2 Å². The third-order valence-corrected chi connectivity index (χ3v) is 4.34. The quantitative estimate of drug-likeness (QED) is 0.762. The molecule has 1 aromatic rings. The zero-order chi connectivity index (χ0) is 12.3. The molecule has 0 radical (unpaired) electrons. The second-order valence-corrected chi connectivity index (χ2v) is 5.98. The van der Waals surface area contributed by atoms with Crippen LogP contribution < -0.4 is 10.5 Å². The average molecular weight is 262 g/mol. The molecule has 0 saturated heterocycles. The van der Waals surface area contributed by atoms with Crippen LogP contribution in [0.2, 0.25) is 0 Å². The minimum atomic E-state index is -3.52. The molecule has 90 valence electrons. The zero-order valence-corrected chi connectivity index (χ0v) is 10.7. The largest absolute Gasteiger partial charge is 0.465 e. The van der Waals surface area contributed by atoms with Gasteiger partial charge in [0.05, 0.1) is 11.5 Å². The summed E-state index contributed by atoms with van der Waals surface area (Å²) in [7, 11) is -3.52. The van der Waals surface area contributed by atoms with Gasteiger partial charge >= 0.3 is 0 Å². The number of sulfonamides is 1. The molecule has 0 fully saturated rings. The molecule has 0 spiro atoms. The van der Waals surface area contributed by atoms with Crippen molar-refractivity contribution in [3.05, 3.63) is 23.7 Å². The standard InChI is InChI=1S/C9H14N2O3S2/c1-6-3-4-8(14-6)5-11-16(12,13)7(2)9(10)15/h3-4,7,11H,5H2,1-2H3,(H2,10,15). The van der Waals surface area contributed by atoms with Crippen LogP contribution in [-0.2, 0) is 16.6 Å². The molecule has 1 atom stereocenters. The Bertz CT molecular complexity index is 479. The third-order valence-electron chi connectivity index (χ3n) is 2.11. The van der Waals surface area contributed by atoms with Gasteiger partial charge in [-0.2, -0.15) is 0 Å². The van der Waals surface area contributed by atoms with Crippen molar-refractivity contribution in [3.63, 3.8) is 0 Å². The van der Waals surface area contributed by atoms with Gasteiger partial charge in [-0.3, -0.25) is 0 Å². The molecule has 7 heteroatoms. The van der Waals surface area contributed by atoms with Gasteiger partial charge in [0.25, 0.3) is 0 Å². The minimum absolute atomic E-state index is 0.0527. The van der Waals surface area contributed by atoms with Crippen molar-refractivity contribution < 1.29 is 12.8 Å². The molecule has 5 nitrogen and oxygen atoms in total. The van der Waals surface area contributed by atoms with E-state index < -0.39 is 15.3 Å². The lowest BCUT2D eigenvalue weighted by molar-refractivity contribution is 0.475. The lowest BCUT2D eigenvalue weighted by Crippen LogP contribution is -2.39. The van der Waals surface area contributed by atoms with Crippen LogP contribution in [0.15, 0.2) is 16.5 Å². The smallest absolute Gasteiger partial charge is 0.221 e. The Labute approximate surface area is 100 Å². The molecule has 3 N–H and O–H groups in total. The maximum absolute atomic E-state index is 11.6. The molecule has 1 heterocycles. The van der Waals surface area contributed by atoms with E-state index in [0.717, 1.165) is 5.76 Å². The fourth-order valence-electron chi connectivity index (χ4n) is 1.03. The SMILES string of the molecule is Cc1ccc(CNS(=O)(=O)C(C)C(N)=S)o1. The number of nitrogens with one attached hydrogen (secondary N) is 1. The van der Waals surface area contributed by atoms with Crippen LogP contribution >= 0.6 is 12.2 Å². The van der Waals surface area contributed by atoms with E-state index in [1.165, 1.54) is 6.92 Å². The van der Waals surface area contributed by atoms with Gasteiger partial charge in [-0.15, -0.1) is 0 Å². The molecule has 0 aliphatic heterocycles. The molecule has 1 unspecified atom stereocenters. The van der Waals surface area contributed by atoms with E-state index in [-0.39, 0.29) is 11.5 Å². The van der Waals surface area contributed by atoms with E-state index >= 15 is 0 Å². The van der Waals surface area contributed by atoms with E-state index in [9.17, 15) is 8.42 Å². The normalized spacial score (nSPS) is 13.6. The molecule has 16 heavy (non-hydrogen) atoms. The third kappa shape index (κ3) is 3.29. The predicted molar refractivity (Wildman–Crippen MR) is 65.5 cm³/mol. The van der Waals surface area contributed by atoms with Crippen LogP contribution in [0.3, 0.4) is 0 Å². The zero-order valence-electron chi connectivity index (χ0n) is 9.06. The van der Waals surface area contributed by atoms with Gasteiger partial charge in [0.15, 0.2) is 0 Å². The molecule has 0 amide bonds. The monoisotopic (exact) mass is 262 g/mol. The number of furan rings is 1. The van der Waals surface area contributed by atoms with Crippen molar-refractivity contribution in [3.8, 4) is 0 Å². The average Bonchev–Trinajstić information content (AvgIpc) is 2.60. The summed E-state index contributed by atoms with van der Waals surface area (Å²) in [4.78, 5) is -0.0527. The lowest BCUT2D eigenvalue weighted by Gasteiger charge is -2.11. The van der Waals surface area contributed by atoms with Crippen molar-refractivity contribution >= 4 is 27.2 Å². The number of rotatable bonds is 5. The molecule has 0 saturated carbocycles. The maximum Gasteiger partial charge on any atom is 0.221 e. The minimum Gasteiger partial charge on any atom is -0.465 e. The summed E-state index contributed by atoms with van der Waals surface area (Å²) < 4.78 is 30.9. The van der Waals surface area contributed by atoms with Crippen LogP contribution in [-0.4, -0.2) is 18.7 Å². The van der Waals surface area contributed by atoms with Gasteiger partial charge in [0, 0.05) is 0 Å². The summed E-state index contributed by atoms with van der Waals surface area (Å²) in [5.74, 6) is 1.29. The van der Waals surface area contributed by atoms with Crippen molar-refractivity contribution in [2.45, 2.75) is 25.6 Å². The summed E-state index contributed by atoms with van der Waals surface area (Å²) in [6, 6.07) is 3.48. The first-order valence-electron chi connectivity index (χ1n) is 4.66. The van der Waals surface area contributed by atoms with Crippen LogP contribution in [0.5, 0.6) is 0 Å². The van der Waals surface area contributed by atoms with E-state index in [0.29, 0.717) is 5.76 Å². The molecule has 0 bridgehead atoms. The van der Waals surface area contributed by atoms with Gasteiger partial charge in [-0.05, 0) is 26.0 Å². The number of nitrogens with two attached hydrogens (primary N) is 1. The van der Waals surface area contributed by atoms with Crippen molar-refractivity contribution in [1.82, 2.24) is 4.72 Å². The maximum atomic E-state index is 11.6. The van der Waals surface area contributed by atoms with Crippen LogP contribution in [0.4, 0.5) is 0 Å². The van der Waals surface area contributed by atoms with E-state index in [2.05, 4.69) is 16.9 Å². The molecule has 1 rings (SSSR count). The first kappa shape index (κ1) is 13.1. The predicted octanol–water partition coefficient (Wildman–Crippen LogP) is 0.682. The highest BCUT2D eigenvalue weighted by Crippen LogP contribution is 2.07. The second kappa shape index (κ2) is 4.94. The highest BCUT2D eigenvalue weighted by molar-refractivity contribution is 7.93. The Kier molecular flexibility index (Phi) is 4.06. The molecular weight excluding hydrogens is 248 g/mol. The summed E-state index contributed by atoms with van der Waals surface area (Å²) in [6.45, 7) is 3.33. The molecule has 0 aliphatic carbocycles. The number of thiocarbonyl (C=S) groups is 1. The van der Waals surface area contributed by atoms with Crippen molar-refractivity contribution in [1.29, 1.82) is 0 Å². The number of aryl methyl sites for hydroxylation is 1. The first-order valence-corrected chi connectivity index (χ1v) is 6.61. The van der Waals surface area contributed by atoms with Gasteiger partial charge in [0.2, 0.25) is 10.0 Å². The fraction of sp³-hybridized carbons (Fsp3) is 0.444. The van der Waals surface area contributed by atoms with E-state index in [4.69, 9.17) is 10.2 Å². The lowest BCUT2D eigenvalue weighted by atomic mass is 10.4. The molecule has 0 aliphatic rings. The summed E-state index contributed by atoms with van der Waals surface area (Å²) >= 11 is 4.64. The topological polar surface area (TPSA) is 85.3 Å². The highest BCUT2D eigenvalue weighted by atomic mass is 32.2. The Morgan fingerprint density at radius 2 is 2.25 bits per heavy atom. The van der Waals surface area contributed by atoms with Crippen LogP contribution in [0.25, 0.3) is 0 Å². The molecule has 0 aromatic carbocycles. The highest BCUT2D eigenvalue weighted by Gasteiger charge is 2.22. The van der Waals surface area contributed by atoms with Crippen LogP contribution in [0.1, 0.15) is 18.4 Å². The Morgan fingerprint density at radius 1 is 1.62 bits per heavy atom. The number of hydrogen-bond acceptors (Lipinski definition) is 4. The van der Waals surface area contributed by atoms with Crippen LogP contribution in [0, 0.1) is 6.92 Å². The Hall–Kier alpha value is -0.920. The summed E-state index contributed by atoms with van der Waals surface area (Å²) in [6.07, 6.45) is 0. The van der Waals surface area contributed by atoms with E-state index in [1.807, 2.05) is 0 Å². The van der Waals surface area contributed by atoms with Gasteiger partial charge in [0.1, 0.15) is 16.8 Å². The first-order chi connectivity index (χ1) is 7.33. The van der Waals surface area contributed by atoms with Gasteiger partial charge in [-0.1, -0.05) is 12.2 Å². The van der Waals surface area contributed by atoms with Crippen molar-refractivity contribution in [2.24, 2.45) is 5.73 Å². The molecular formula is C9H14N2O3S2. The Morgan fingerprint density at radius 3 is 2.69 bits per heavy atom. The summed E-state index contributed by atoms with van der Waals surface area (Å²) in [5, 5.41) is -0.890. The molecule has 1 aromatic heterocycles. The fourth-order valence-corrected chi connectivity index (χ4v) is 2.31. The Balaban J connectivity index is 2.65. The number of hydrogen-bond donors (Lipinski definition) is 2. The summed E-state index contributed by atoms with van der Waals surface area (Å²) in [5.41, 5.74) is 5.28.